The Bertz CT molecular complexity index is 986. The fraction of sp³-hybridized carbons (Fsp3) is 0.300. The molecule has 1 aromatic carbocycles. The molecule has 0 spiro atoms. The lowest BCUT2D eigenvalue weighted by Gasteiger charge is -2.41. The Kier molecular flexibility index (Phi) is 4.91. The Labute approximate surface area is 162 Å². The van der Waals surface area contributed by atoms with Gasteiger partial charge in [-0.2, -0.15) is 5.26 Å². The van der Waals surface area contributed by atoms with Crippen molar-refractivity contribution in [1.29, 1.82) is 5.26 Å². The third-order valence-corrected chi connectivity index (χ3v) is 4.59. The van der Waals surface area contributed by atoms with Crippen LogP contribution in [0.4, 0.5) is 11.6 Å². The number of hydrogen-bond donors (Lipinski definition) is 1. The number of para-hydroxylation sites is 1. The second-order valence-electron chi connectivity index (χ2n) is 6.88. The lowest BCUT2D eigenvalue weighted by Crippen LogP contribution is -2.56. The van der Waals surface area contributed by atoms with Crippen LogP contribution in [0.25, 0.3) is 11.3 Å². The van der Waals surface area contributed by atoms with Crippen LogP contribution < -0.4 is 10.1 Å². The Balaban J connectivity index is 1.47. The summed E-state index contributed by atoms with van der Waals surface area (Å²) in [5.74, 6) is 2.35. The van der Waals surface area contributed by atoms with Crippen molar-refractivity contribution in [1.82, 2.24) is 20.0 Å². The van der Waals surface area contributed by atoms with Crippen molar-refractivity contribution in [3.63, 3.8) is 0 Å². The van der Waals surface area contributed by atoms with E-state index in [-0.39, 0.29) is 11.8 Å². The van der Waals surface area contributed by atoms with Gasteiger partial charge < -0.3 is 14.6 Å². The van der Waals surface area contributed by atoms with Gasteiger partial charge in [-0.05, 0) is 26.0 Å². The molecule has 2 aromatic heterocycles. The molecule has 3 heterocycles. The van der Waals surface area contributed by atoms with Crippen molar-refractivity contribution in [2.75, 3.05) is 18.4 Å². The third kappa shape index (κ3) is 3.80. The summed E-state index contributed by atoms with van der Waals surface area (Å²) in [6.07, 6.45) is 3.05. The number of anilines is 2. The summed E-state index contributed by atoms with van der Waals surface area (Å²) in [6.45, 7) is 6.22. The zero-order valence-electron chi connectivity index (χ0n) is 15.7. The number of nitrogens with one attached hydrogen (secondary N) is 1. The SMILES string of the molecule is CC(C)N1CC(Oc2ccccc2-c2cc(Nc3cnc(C#N)cn3)no2)C1. The standard InChI is InChI=1S/C20H20N6O2/c1-13(2)26-11-15(12-26)27-17-6-4-3-5-16(17)18-7-19(25-28-18)24-20-10-22-14(8-21)9-23-20/h3-7,9-10,13,15H,11-12H2,1-2H3,(H,23,24,25). The lowest BCUT2D eigenvalue weighted by atomic mass is 10.1. The van der Waals surface area contributed by atoms with E-state index in [2.05, 4.69) is 39.2 Å². The van der Waals surface area contributed by atoms with Gasteiger partial charge in [-0.1, -0.05) is 17.3 Å². The topological polar surface area (TPSA) is 100 Å². The minimum Gasteiger partial charge on any atom is -0.487 e. The molecule has 28 heavy (non-hydrogen) atoms. The van der Waals surface area contributed by atoms with Crippen LogP contribution in [0.2, 0.25) is 0 Å². The molecule has 1 aliphatic heterocycles. The molecular formula is C20H20N6O2. The van der Waals surface area contributed by atoms with Crippen LogP contribution in [0.3, 0.4) is 0 Å². The number of benzene rings is 1. The van der Waals surface area contributed by atoms with E-state index >= 15 is 0 Å². The van der Waals surface area contributed by atoms with Gasteiger partial charge in [0.1, 0.15) is 23.7 Å². The lowest BCUT2D eigenvalue weighted by molar-refractivity contribution is 0.000398. The molecule has 3 aromatic rings. The molecule has 8 heteroatoms. The van der Waals surface area contributed by atoms with Gasteiger partial charge in [-0.25, -0.2) is 9.97 Å². The predicted octanol–water partition coefficient (Wildman–Crippen LogP) is 3.22. The van der Waals surface area contributed by atoms with Gasteiger partial charge >= 0.3 is 0 Å². The zero-order chi connectivity index (χ0) is 19.5. The summed E-state index contributed by atoms with van der Waals surface area (Å²) in [5, 5.41) is 15.8. The molecule has 0 amide bonds. The smallest absolute Gasteiger partial charge is 0.175 e. The number of nitriles is 1. The van der Waals surface area contributed by atoms with Crippen molar-refractivity contribution in [2.24, 2.45) is 0 Å². The van der Waals surface area contributed by atoms with E-state index in [1.165, 1.54) is 12.4 Å². The van der Waals surface area contributed by atoms with Crippen molar-refractivity contribution in [3.8, 4) is 23.1 Å². The average molecular weight is 376 g/mol. The van der Waals surface area contributed by atoms with Crippen molar-refractivity contribution in [3.05, 3.63) is 48.4 Å². The van der Waals surface area contributed by atoms with Gasteiger partial charge in [0.2, 0.25) is 0 Å². The van der Waals surface area contributed by atoms with Gasteiger partial charge in [0.05, 0.1) is 18.0 Å². The first-order valence-electron chi connectivity index (χ1n) is 9.08. The summed E-state index contributed by atoms with van der Waals surface area (Å²) in [6, 6.07) is 12.0. The number of ether oxygens (including phenoxy) is 1. The fourth-order valence-corrected chi connectivity index (χ4v) is 2.96. The maximum Gasteiger partial charge on any atom is 0.175 e. The third-order valence-electron chi connectivity index (χ3n) is 4.59. The molecule has 1 fully saturated rings. The Hall–Kier alpha value is -3.44. The van der Waals surface area contributed by atoms with Gasteiger partial charge in [-0.3, -0.25) is 4.90 Å². The minimum absolute atomic E-state index is 0.179. The molecule has 0 bridgehead atoms. The highest BCUT2D eigenvalue weighted by Gasteiger charge is 2.30. The molecule has 0 aliphatic carbocycles. The minimum atomic E-state index is 0.179. The zero-order valence-corrected chi connectivity index (χ0v) is 15.7. The van der Waals surface area contributed by atoms with Crippen molar-refractivity contribution in [2.45, 2.75) is 26.0 Å². The van der Waals surface area contributed by atoms with E-state index < -0.39 is 0 Å². The summed E-state index contributed by atoms with van der Waals surface area (Å²) >= 11 is 0. The summed E-state index contributed by atoms with van der Waals surface area (Å²) in [4.78, 5) is 10.5. The van der Waals surface area contributed by atoms with E-state index in [0.29, 0.717) is 23.4 Å². The first-order valence-corrected chi connectivity index (χ1v) is 9.08. The van der Waals surface area contributed by atoms with E-state index in [1.54, 1.807) is 6.07 Å². The maximum absolute atomic E-state index is 8.78. The Morgan fingerprint density at radius 2 is 2.04 bits per heavy atom. The molecule has 1 N–H and O–H groups in total. The van der Waals surface area contributed by atoms with Gasteiger partial charge in [0.15, 0.2) is 17.3 Å². The monoisotopic (exact) mass is 376 g/mol. The van der Waals surface area contributed by atoms with E-state index in [0.717, 1.165) is 24.4 Å². The van der Waals surface area contributed by atoms with Crippen LogP contribution in [-0.4, -0.2) is 45.3 Å². The molecule has 1 saturated heterocycles. The van der Waals surface area contributed by atoms with E-state index in [9.17, 15) is 0 Å². The predicted molar refractivity (Wildman–Crippen MR) is 103 cm³/mol. The number of rotatable bonds is 6. The average Bonchev–Trinajstić information content (AvgIpc) is 3.13. The molecule has 0 atom stereocenters. The van der Waals surface area contributed by atoms with Crippen LogP contribution in [0.15, 0.2) is 47.2 Å². The van der Waals surface area contributed by atoms with Gasteiger partial charge in [0, 0.05) is 25.2 Å². The fourth-order valence-electron chi connectivity index (χ4n) is 2.96. The first kappa shape index (κ1) is 17.9. The van der Waals surface area contributed by atoms with E-state index in [1.807, 2.05) is 30.3 Å². The van der Waals surface area contributed by atoms with Gasteiger partial charge in [0.25, 0.3) is 0 Å². The summed E-state index contributed by atoms with van der Waals surface area (Å²) in [5.41, 5.74) is 1.10. The maximum atomic E-state index is 8.78. The molecule has 4 rings (SSSR count). The number of hydrogen-bond acceptors (Lipinski definition) is 8. The largest absolute Gasteiger partial charge is 0.487 e. The molecule has 0 saturated carbocycles. The quantitative estimate of drug-likeness (QED) is 0.700. The summed E-state index contributed by atoms with van der Waals surface area (Å²) in [7, 11) is 0. The number of nitrogens with zero attached hydrogens (tertiary/aromatic N) is 5. The molecule has 0 radical (unpaired) electrons. The summed E-state index contributed by atoms with van der Waals surface area (Å²) < 4.78 is 11.7. The number of likely N-dealkylation sites (tertiary alicyclic amines) is 1. The van der Waals surface area contributed by atoms with E-state index in [4.69, 9.17) is 14.5 Å². The molecule has 1 aliphatic rings. The van der Waals surface area contributed by atoms with Crippen LogP contribution in [0.5, 0.6) is 5.75 Å². The highest BCUT2D eigenvalue weighted by molar-refractivity contribution is 5.68. The molecule has 0 unspecified atom stereocenters. The number of aromatic nitrogens is 3. The second-order valence-corrected chi connectivity index (χ2v) is 6.88. The highest BCUT2D eigenvalue weighted by atomic mass is 16.5. The highest BCUT2D eigenvalue weighted by Crippen LogP contribution is 2.33. The normalized spacial score (nSPS) is 14.5. The van der Waals surface area contributed by atoms with Crippen LogP contribution in [-0.2, 0) is 0 Å². The van der Waals surface area contributed by atoms with Crippen LogP contribution in [0.1, 0.15) is 19.5 Å². The van der Waals surface area contributed by atoms with Crippen molar-refractivity contribution < 1.29 is 9.26 Å². The second kappa shape index (κ2) is 7.66. The van der Waals surface area contributed by atoms with Crippen LogP contribution >= 0.6 is 0 Å². The van der Waals surface area contributed by atoms with Crippen LogP contribution in [0, 0.1) is 11.3 Å². The molecule has 8 nitrogen and oxygen atoms in total. The molecular weight excluding hydrogens is 356 g/mol. The van der Waals surface area contributed by atoms with Crippen molar-refractivity contribution >= 4 is 11.6 Å². The molecule has 142 valence electrons. The Morgan fingerprint density at radius 3 is 2.75 bits per heavy atom. The van der Waals surface area contributed by atoms with Gasteiger partial charge in [-0.15, -0.1) is 0 Å². The first-order chi connectivity index (χ1) is 13.6. The Morgan fingerprint density at radius 1 is 1.21 bits per heavy atom.